The Labute approximate surface area is 193 Å². The van der Waals surface area contributed by atoms with Crippen LogP contribution in [0.2, 0.25) is 10.0 Å². The first-order valence-corrected chi connectivity index (χ1v) is 11.3. The van der Waals surface area contributed by atoms with Gasteiger partial charge >= 0.3 is 0 Å². The number of nitrogens with one attached hydrogen (secondary N) is 1. The van der Waals surface area contributed by atoms with E-state index in [1.165, 1.54) is 0 Å². The lowest BCUT2D eigenvalue weighted by Crippen LogP contribution is -2.50. The average Bonchev–Trinajstić information content (AvgIpc) is 3.26. The second kappa shape index (κ2) is 10.9. The highest BCUT2D eigenvalue weighted by molar-refractivity contribution is 6.36. The van der Waals surface area contributed by atoms with E-state index in [-0.39, 0.29) is 30.8 Å². The highest BCUT2D eigenvalue weighted by Gasteiger charge is 2.29. The molecular weight excluding hydrogens is 435 g/mol. The molecule has 0 heterocycles. The smallest absolute Gasteiger partial charge is 0.242 e. The van der Waals surface area contributed by atoms with Crippen LogP contribution in [0.4, 0.5) is 0 Å². The molecule has 0 aliphatic heterocycles. The van der Waals surface area contributed by atoms with E-state index >= 15 is 0 Å². The number of hydrogen-bond acceptors (Lipinski definition) is 3. The number of benzene rings is 2. The monoisotopic (exact) mass is 462 g/mol. The third kappa shape index (κ3) is 6.14. The van der Waals surface area contributed by atoms with Crippen LogP contribution in [-0.2, 0) is 22.6 Å². The van der Waals surface area contributed by atoms with Crippen LogP contribution >= 0.6 is 23.2 Å². The number of carbonyl (C=O) groups excluding carboxylic acids is 2. The summed E-state index contributed by atoms with van der Waals surface area (Å²) in [5, 5.41) is 4.03. The maximum absolute atomic E-state index is 13.3. The summed E-state index contributed by atoms with van der Waals surface area (Å²) in [5.74, 6) is 0.397. The van der Waals surface area contributed by atoms with E-state index in [1.807, 2.05) is 24.3 Å². The Balaban J connectivity index is 1.81. The number of rotatable bonds is 8. The zero-order chi connectivity index (χ0) is 22.4. The summed E-state index contributed by atoms with van der Waals surface area (Å²) in [6, 6.07) is 12.1. The summed E-state index contributed by atoms with van der Waals surface area (Å²) in [4.78, 5) is 27.8. The van der Waals surface area contributed by atoms with Crippen molar-refractivity contribution in [3.8, 4) is 5.75 Å². The topological polar surface area (TPSA) is 58.6 Å². The van der Waals surface area contributed by atoms with Gasteiger partial charge in [-0.2, -0.15) is 0 Å². The SMILES string of the molecule is COc1ccc(CC(=O)N(Cc2c(Cl)cccc2Cl)[C@H](C)C(=O)NC2CCCC2)cc1. The largest absolute Gasteiger partial charge is 0.497 e. The van der Waals surface area contributed by atoms with Crippen molar-refractivity contribution < 1.29 is 14.3 Å². The number of ether oxygens (including phenoxy) is 1. The molecule has 1 fully saturated rings. The fourth-order valence-corrected chi connectivity index (χ4v) is 4.36. The molecule has 1 N–H and O–H groups in total. The Morgan fingerprint density at radius 1 is 1.10 bits per heavy atom. The molecule has 1 atom stereocenters. The Morgan fingerprint density at radius 3 is 2.29 bits per heavy atom. The Bertz CT molecular complexity index is 891. The van der Waals surface area contributed by atoms with Gasteiger partial charge in [0.15, 0.2) is 0 Å². The van der Waals surface area contributed by atoms with Crippen molar-refractivity contribution >= 4 is 35.0 Å². The first-order valence-electron chi connectivity index (χ1n) is 10.5. The standard InChI is InChI=1S/C24H28Cl2N2O3/c1-16(24(30)27-18-6-3-4-7-18)28(15-20-21(25)8-5-9-22(20)26)23(29)14-17-10-12-19(31-2)13-11-17/h5,8-13,16,18H,3-4,6-7,14-15H2,1-2H3,(H,27,30)/t16-/m1/s1. The summed E-state index contributed by atoms with van der Waals surface area (Å²) >= 11 is 12.7. The lowest BCUT2D eigenvalue weighted by Gasteiger charge is -2.30. The molecule has 0 unspecified atom stereocenters. The average molecular weight is 463 g/mol. The van der Waals surface area contributed by atoms with E-state index in [2.05, 4.69) is 5.32 Å². The van der Waals surface area contributed by atoms with E-state index in [9.17, 15) is 9.59 Å². The third-order valence-corrected chi connectivity index (χ3v) is 6.48. The Hall–Kier alpha value is -2.24. The molecule has 1 aliphatic rings. The van der Waals surface area contributed by atoms with Gasteiger partial charge in [-0.25, -0.2) is 0 Å². The second-order valence-corrected chi connectivity index (χ2v) is 8.73. The number of nitrogens with zero attached hydrogens (tertiary/aromatic N) is 1. The number of halogens is 2. The van der Waals surface area contributed by atoms with Crippen LogP contribution in [0.25, 0.3) is 0 Å². The zero-order valence-electron chi connectivity index (χ0n) is 17.9. The summed E-state index contributed by atoms with van der Waals surface area (Å²) in [6.07, 6.45) is 4.36. The second-order valence-electron chi connectivity index (χ2n) is 7.91. The molecule has 31 heavy (non-hydrogen) atoms. The normalized spacial score (nSPS) is 14.8. The molecule has 0 radical (unpaired) electrons. The van der Waals surface area contributed by atoms with Crippen LogP contribution in [0.3, 0.4) is 0 Å². The van der Waals surface area contributed by atoms with Gasteiger partial charge in [0.2, 0.25) is 11.8 Å². The van der Waals surface area contributed by atoms with Crippen molar-refractivity contribution in [3.05, 3.63) is 63.6 Å². The molecule has 2 aromatic rings. The van der Waals surface area contributed by atoms with Gasteiger partial charge in [-0.1, -0.05) is 54.2 Å². The molecule has 0 saturated heterocycles. The maximum Gasteiger partial charge on any atom is 0.242 e. The van der Waals surface area contributed by atoms with Gasteiger partial charge in [0.05, 0.1) is 13.5 Å². The third-order valence-electron chi connectivity index (χ3n) is 5.77. The highest BCUT2D eigenvalue weighted by atomic mass is 35.5. The van der Waals surface area contributed by atoms with Gasteiger partial charge < -0.3 is 15.0 Å². The van der Waals surface area contributed by atoms with E-state index < -0.39 is 6.04 Å². The Morgan fingerprint density at radius 2 is 1.71 bits per heavy atom. The van der Waals surface area contributed by atoms with Crippen LogP contribution < -0.4 is 10.1 Å². The number of carbonyl (C=O) groups is 2. The molecule has 3 rings (SSSR count). The van der Waals surface area contributed by atoms with Crippen LogP contribution in [-0.4, -0.2) is 35.9 Å². The number of amides is 2. The van der Waals surface area contributed by atoms with Gasteiger partial charge in [-0.3, -0.25) is 9.59 Å². The van der Waals surface area contributed by atoms with Crippen LogP contribution in [0.15, 0.2) is 42.5 Å². The quantitative estimate of drug-likeness (QED) is 0.598. The summed E-state index contributed by atoms with van der Waals surface area (Å²) in [7, 11) is 1.60. The fourth-order valence-electron chi connectivity index (χ4n) is 3.85. The zero-order valence-corrected chi connectivity index (χ0v) is 19.4. The van der Waals surface area contributed by atoms with Crippen LogP contribution in [0, 0.1) is 0 Å². The molecule has 0 spiro atoms. The van der Waals surface area contributed by atoms with Crippen molar-refractivity contribution in [2.24, 2.45) is 0 Å². The van der Waals surface area contributed by atoms with Crippen molar-refractivity contribution in [2.45, 2.75) is 57.7 Å². The lowest BCUT2D eigenvalue weighted by molar-refractivity contribution is -0.140. The van der Waals surface area contributed by atoms with E-state index in [0.29, 0.717) is 15.6 Å². The van der Waals surface area contributed by atoms with Gasteiger partial charge in [0, 0.05) is 28.2 Å². The molecule has 2 aromatic carbocycles. The molecule has 2 amide bonds. The molecule has 166 valence electrons. The highest BCUT2D eigenvalue weighted by Crippen LogP contribution is 2.27. The predicted molar refractivity (Wildman–Crippen MR) is 124 cm³/mol. The van der Waals surface area contributed by atoms with Gasteiger partial charge in [-0.15, -0.1) is 0 Å². The summed E-state index contributed by atoms with van der Waals surface area (Å²) in [6.45, 7) is 1.91. The molecule has 0 bridgehead atoms. The maximum atomic E-state index is 13.3. The summed E-state index contributed by atoms with van der Waals surface area (Å²) < 4.78 is 5.18. The summed E-state index contributed by atoms with van der Waals surface area (Å²) in [5.41, 5.74) is 1.47. The minimum absolute atomic E-state index is 0.154. The first-order chi connectivity index (χ1) is 14.9. The van der Waals surface area contributed by atoms with E-state index in [4.69, 9.17) is 27.9 Å². The predicted octanol–water partition coefficient (Wildman–Crippen LogP) is 5.02. The minimum Gasteiger partial charge on any atom is -0.497 e. The van der Waals surface area contributed by atoms with Gasteiger partial charge in [0.25, 0.3) is 0 Å². The fraction of sp³-hybridized carbons (Fsp3) is 0.417. The molecule has 1 aliphatic carbocycles. The minimum atomic E-state index is -0.654. The molecule has 1 saturated carbocycles. The molecule has 5 nitrogen and oxygen atoms in total. The van der Waals surface area contributed by atoms with E-state index in [0.717, 1.165) is 37.0 Å². The van der Waals surface area contributed by atoms with E-state index in [1.54, 1.807) is 37.1 Å². The molecule has 7 heteroatoms. The Kier molecular flexibility index (Phi) is 8.22. The van der Waals surface area contributed by atoms with Crippen molar-refractivity contribution in [1.29, 1.82) is 0 Å². The van der Waals surface area contributed by atoms with Crippen molar-refractivity contribution in [2.75, 3.05) is 7.11 Å². The number of methoxy groups -OCH3 is 1. The van der Waals surface area contributed by atoms with Crippen LogP contribution in [0.1, 0.15) is 43.7 Å². The molecule has 0 aromatic heterocycles. The van der Waals surface area contributed by atoms with Crippen molar-refractivity contribution in [3.63, 3.8) is 0 Å². The molecular formula is C24H28Cl2N2O3. The van der Waals surface area contributed by atoms with Gasteiger partial charge in [-0.05, 0) is 49.6 Å². The first kappa shape index (κ1) is 23.4. The van der Waals surface area contributed by atoms with Crippen molar-refractivity contribution in [1.82, 2.24) is 10.2 Å². The van der Waals surface area contributed by atoms with Gasteiger partial charge in [0.1, 0.15) is 11.8 Å². The lowest BCUT2D eigenvalue weighted by atomic mass is 10.1. The van der Waals surface area contributed by atoms with Crippen LogP contribution in [0.5, 0.6) is 5.75 Å². The number of hydrogen-bond donors (Lipinski definition) is 1.